The van der Waals surface area contributed by atoms with Gasteiger partial charge in [0.2, 0.25) is 0 Å². The van der Waals surface area contributed by atoms with E-state index in [0.29, 0.717) is 17.1 Å². The van der Waals surface area contributed by atoms with Gasteiger partial charge in [0.1, 0.15) is 4.88 Å². The molecule has 0 unspecified atom stereocenters. The maximum Gasteiger partial charge on any atom is 0.308 e. The average molecular weight is 316 g/mol. The largest absolute Gasteiger partial charge is 0.481 e. The molecule has 0 radical (unpaired) electrons. The van der Waals surface area contributed by atoms with E-state index in [9.17, 15) is 14.7 Å². The molecule has 1 aromatic carbocycles. The molecule has 1 aliphatic rings. The second-order valence-electron chi connectivity index (χ2n) is 5.44. The summed E-state index contributed by atoms with van der Waals surface area (Å²) in [6.45, 7) is 2.46. The molecule has 1 saturated heterocycles. The number of carbonyl (C=O) groups excluding carboxylic acids is 1. The standard InChI is InChI=1S/C16H16N2O3S/c1-10-14(22-9-17-10)15(19)18-7-12(13(8-18)16(20)21)11-5-3-2-4-6-11/h2-6,9,12-13H,7-8H2,1H3,(H,20,21)/t12-,13+/m0/s1. The molecule has 2 heterocycles. The molecule has 22 heavy (non-hydrogen) atoms. The van der Waals surface area contributed by atoms with E-state index in [1.165, 1.54) is 11.3 Å². The number of thiazole rings is 1. The van der Waals surface area contributed by atoms with Crippen LogP contribution in [0.5, 0.6) is 0 Å². The summed E-state index contributed by atoms with van der Waals surface area (Å²) in [7, 11) is 0. The molecule has 114 valence electrons. The van der Waals surface area contributed by atoms with Gasteiger partial charge in [0.25, 0.3) is 5.91 Å². The van der Waals surface area contributed by atoms with Crippen molar-refractivity contribution in [3.63, 3.8) is 0 Å². The number of likely N-dealkylation sites (tertiary alicyclic amines) is 1. The second kappa shape index (κ2) is 5.88. The third kappa shape index (κ3) is 2.62. The van der Waals surface area contributed by atoms with Crippen LogP contribution in [0.3, 0.4) is 0 Å². The highest BCUT2D eigenvalue weighted by Gasteiger charge is 2.41. The van der Waals surface area contributed by atoms with E-state index in [1.807, 2.05) is 30.3 Å². The minimum atomic E-state index is -0.856. The maximum absolute atomic E-state index is 12.6. The summed E-state index contributed by atoms with van der Waals surface area (Å²) in [5.74, 6) is -1.72. The van der Waals surface area contributed by atoms with Crippen LogP contribution in [0.2, 0.25) is 0 Å². The van der Waals surface area contributed by atoms with Crippen molar-refractivity contribution in [2.75, 3.05) is 13.1 Å². The molecule has 1 aliphatic heterocycles. The van der Waals surface area contributed by atoms with E-state index in [2.05, 4.69) is 4.98 Å². The Labute approximate surface area is 132 Å². The fourth-order valence-electron chi connectivity index (χ4n) is 2.91. The predicted octanol–water partition coefficient (Wildman–Crippen LogP) is 2.39. The van der Waals surface area contributed by atoms with Crippen LogP contribution < -0.4 is 0 Å². The summed E-state index contributed by atoms with van der Waals surface area (Å²) in [6.07, 6.45) is 0. The monoisotopic (exact) mass is 316 g/mol. The highest BCUT2D eigenvalue weighted by molar-refractivity contribution is 7.11. The molecule has 0 saturated carbocycles. The maximum atomic E-state index is 12.6. The van der Waals surface area contributed by atoms with Gasteiger partial charge in [-0.2, -0.15) is 0 Å². The van der Waals surface area contributed by atoms with Crippen LogP contribution in [0.4, 0.5) is 0 Å². The number of aryl methyl sites for hydroxylation is 1. The van der Waals surface area contributed by atoms with E-state index >= 15 is 0 Å². The smallest absolute Gasteiger partial charge is 0.308 e. The van der Waals surface area contributed by atoms with Crippen LogP contribution in [0.25, 0.3) is 0 Å². The van der Waals surface area contributed by atoms with Gasteiger partial charge in [-0.25, -0.2) is 4.98 Å². The molecule has 5 nitrogen and oxygen atoms in total. The van der Waals surface area contributed by atoms with Crippen molar-refractivity contribution >= 4 is 23.2 Å². The first kappa shape index (κ1) is 14.7. The van der Waals surface area contributed by atoms with Gasteiger partial charge in [0.15, 0.2) is 0 Å². The van der Waals surface area contributed by atoms with Gasteiger partial charge in [-0.1, -0.05) is 30.3 Å². The van der Waals surface area contributed by atoms with Crippen molar-refractivity contribution in [2.24, 2.45) is 5.92 Å². The van der Waals surface area contributed by atoms with Crippen LogP contribution in [-0.4, -0.2) is 40.0 Å². The van der Waals surface area contributed by atoms with Gasteiger partial charge in [-0.3, -0.25) is 9.59 Å². The van der Waals surface area contributed by atoms with Crippen molar-refractivity contribution in [3.05, 3.63) is 52.0 Å². The summed E-state index contributed by atoms with van der Waals surface area (Å²) < 4.78 is 0. The van der Waals surface area contributed by atoms with Gasteiger partial charge >= 0.3 is 5.97 Å². The normalized spacial score (nSPS) is 21.0. The van der Waals surface area contributed by atoms with Gasteiger partial charge in [0.05, 0.1) is 17.1 Å². The summed E-state index contributed by atoms with van der Waals surface area (Å²) >= 11 is 1.30. The highest BCUT2D eigenvalue weighted by atomic mass is 32.1. The Hall–Kier alpha value is -2.21. The third-order valence-corrected chi connectivity index (χ3v) is 5.01. The molecule has 1 aromatic heterocycles. The third-order valence-electron chi connectivity index (χ3n) is 4.09. The number of aromatic nitrogens is 1. The molecule has 0 aliphatic carbocycles. The lowest BCUT2D eigenvalue weighted by Gasteiger charge is -2.16. The fraction of sp³-hybridized carbons (Fsp3) is 0.312. The Morgan fingerprint density at radius 2 is 2.00 bits per heavy atom. The van der Waals surface area contributed by atoms with Crippen LogP contribution in [-0.2, 0) is 4.79 Å². The number of hydrogen-bond donors (Lipinski definition) is 1. The Morgan fingerprint density at radius 1 is 1.27 bits per heavy atom. The predicted molar refractivity (Wildman–Crippen MR) is 83.1 cm³/mol. The number of amides is 1. The van der Waals surface area contributed by atoms with Crippen LogP contribution >= 0.6 is 11.3 Å². The number of carboxylic acid groups (broad SMARTS) is 1. The molecule has 6 heteroatoms. The molecule has 3 rings (SSSR count). The minimum absolute atomic E-state index is 0.121. The number of aliphatic carboxylic acids is 1. The lowest BCUT2D eigenvalue weighted by Crippen LogP contribution is -2.29. The van der Waals surface area contributed by atoms with Crippen molar-refractivity contribution in [1.82, 2.24) is 9.88 Å². The lowest BCUT2D eigenvalue weighted by atomic mass is 9.89. The number of hydrogen-bond acceptors (Lipinski definition) is 4. The quantitative estimate of drug-likeness (QED) is 0.944. The van der Waals surface area contributed by atoms with Crippen molar-refractivity contribution in [3.8, 4) is 0 Å². The first-order chi connectivity index (χ1) is 10.6. The van der Waals surface area contributed by atoms with Crippen LogP contribution in [0.1, 0.15) is 26.8 Å². The zero-order valence-corrected chi connectivity index (χ0v) is 12.9. The minimum Gasteiger partial charge on any atom is -0.481 e. The fourth-order valence-corrected chi connectivity index (χ4v) is 3.68. The van der Waals surface area contributed by atoms with Crippen molar-refractivity contribution in [1.29, 1.82) is 0 Å². The van der Waals surface area contributed by atoms with Crippen molar-refractivity contribution in [2.45, 2.75) is 12.8 Å². The summed E-state index contributed by atoms with van der Waals surface area (Å²) in [4.78, 5) is 30.5. The summed E-state index contributed by atoms with van der Waals surface area (Å²) in [5.41, 5.74) is 3.30. The molecule has 0 bridgehead atoms. The lowest BCUT2D eigenvalue weighted by molar-refractivity contribution is -0.141. The SMILES string of the molecule is Cc1ncsc1C(=O)N1C[C@@H](C(=O)O)[C@H](c2ccccc2)C1. The highest BCUT2D eigenvalue weighted by Crippen LogP contribution is 2.34. The number of nitrogens with zero attached hydrogens (tertiary/aromatic N) is 2. The molecular formula is C16H16N2O3S. The van der Waals surface area contributed by atoms with Crippen LogP contribution in [0, 0.1) is 12.8 Å². The zero-order chi connectivity index (χ0) is 15.7. The Balaban J connectivity index is 1.86. The summed E-state index contributed by atoms with van der Waals surface area (Å²) in [5, 5.41) is 9.48. The van der Waals surface area contributed by atoms with E-state index in [4.69, 9.17) is 0 Å². The average Bonchev–Trinajstić information content (AvgIpc) is 3.14. The molecule has 1 fully saturated rings. The van der Waals surface area contributed by atoms with E-state index in [-0.39, 0.29) is 18.4 Å². The molecule has 1 amide bonds. The summed E-state index contributed by atoms with van der Waals surface area (Å²) in [6, 6.07) is 9.54. The van der Waals surface area contributed by atoms with Gasteiger partial charge in [-0.15, -0.1) is 11.3 Å². The first-order valence-electron chi connectivity index (χ1n) is 7.05. The first-order valence-corrected chi connectivity index (χ1v) is 7.93. The Bertz CT molecular complexity index is 698. The number of rotatable bonds is 3. The number of carboxylic acids is 1. The second-order valence-corrected chi connectivity index (χ2v) is 6.29. The van der Waals surface area contributed by atoms with E-state index in [0.717, 1.165) is 5.56 Å². The number of benzene rings is 1. The Morgan fingerprint density at radius 3 is 2.59 bits per heavy atom. The van der Waals surface area contributed by atoms with Gasteiger partial charge < -0.3 is 10.0 Å². The molecule has 2 aromatic rings. The van der Waals surface area contributed by atoms with Gasteiger partial charge in [-0.05, 0) is 12.5 Å². The molecular weight excluding hydrogens is 300 g/mol. The van der Waals surface area contributed by atoms with E-state index in [1.54, 1.807) is 17.3 Å². The Kier molecular flexibility index (Phi) is 3.94. The van der Waals surface area contributed by atoms with Crippen molar-refractivity contribution < 1.29 is 14.7 Å². The van der Waals surface area contributed by atoms with Crippen LogP contribution in [0.15, 0.2) is 35.8 Å². The number of carbonyl (C=O) groups is 2. The molecule has 0 spiro atoms. The topological polar surface area (TPSA) is 70.5 Å². The van der Waals surface area contributed by atoms with E-state index < -0.39 is 11.9 Å². The van der Waals surface area contributed by atoms with Gasteiger partial charge in [0, 0.05) is 19.0 Å². The zero-order valence-electron chi connectivity index (χ0n) is 12.1. The molecule has 2 atom stereocenters. The molecule has 1 N–H and O–H groups in total.